The van der Waals surface area contributed by atoms with E-state index < -0.39 is 0 Å². The number of urea groups is 1. The maximum atomic E-state index is 12.0. The standard InChI is InChI=1S/C13H23N3OS/c1-6-10(5)11-8-12(18-15-11)14-13(17)16(7-2)9(3)4/h8-10H,6-7H2,1-5H3,(H,14,17). The molecule has 0 aromatic carbocycles. The van der Waals surface area contributed by atoms with Crippen LogP contribution < -0.4 is 5.32 Å². The first-order valence-electron chi connectivity index (χ1n) is 6.53. The number of carbonyl (C=O) groups is 1. The summed E-state index contributed by atoms with van der Waals surface area (Å²) in [5.41, 5.74) is 1.06. The minimum Gasteiger partial charge on any atom is -0.322 e. The van der Waals surface area contributed by atoms with Crippen LogP contribution >= 0.6 is 11.5 Å². The van der Waals surface area contributed by atoms with Crippen LogP contribution in [-0.2, 0) is 0 Å². The van der Waals surface area contributed by atoms with Crippen LogP contribution in [0.25, 0.3) is 0 Å². The minimum absolute atomic E-state index is 0.0492. The fourth-order valence-electron chi connectivity index (χ4n) is 1.71. The van der Waals surface area contributed by atoms with E-state index in [0.717, 1.165) is 17.1 Å². The summed E-state index contributed by atoms with van der Waals surface area (Å²) in [7, 11) is 0. The third-order valence-electron chi connectivity index (χ3n) is 3.10. The van der Waals surface area contributed by atoms with Gasteiger partial charge in [-0.25, -0.2) is 4.79 Å². The number of aromatic nitrogens is 1. The van der Waals surface area contributed by atoms with Gasteiger partial charge in [-0.2, -0.15) is 4.37 Å². The Morgan fingerprint density at radius 1 is 1.44 bits per heavy atom. The van der Waals surface area contributed by atoms with Crippen molar-refractivity contribution in [3.05, 3.63) is 11.8 Å². The number of nitrogens with one attached hydrogen (secondary N) is 1. The molecular formula is C13H23N3OS. The van der Waals surface area contributed by atoms with E-state index in [-0.39, 0.29) is 12.1 Å². The average Bonchev–Trinajstić information content (AvgIpc) is 2.76. The van der Waals surface area contributed by atoms with Gasteiger partial charge in [0.25, 0.3) is 0 Å². The van der Waals surface area contributed by atoms with Crippen LogP contribution in [0.1, 0.15) is 52.7 Å². The number of hydrogen-bond acceptors (Lipinski definition) is 3. The molecule has 0 aliphatic carbocycles. The molecule has 0 radical (unpaired) electrons. The maximum absolute atomic E-state index is 12.0. The molecule has 1 rings (SSSR count). The van der Waals surface area contributed by atoms with Crippen molar-refractivity contribution in [2.75, 3.05) is 11.9 Å². The summed E-state index contributed by atoms with van der Waals surface area (Å²) in [6.45, 7) is 11.0. The first-order valence-corrected chi connectivity index (χ1v) is 7.31. The Labute approximate surface area is 114 Å². The summed E-state index contributed by atoms with van der Waals surface area (Å²) in [6.07, 6.45) is 1.06. The van der Waals surface area contributed by atoms with Crippen molar-refractivity contribution in [3.8, 4) is 0 Å². The third kappa shape index (κ3) is 3.70. The van der Waals surface area contributed by atoms with Gasteiger partial charge in [0.1, 0.15) is 5.00 Å². The Balaban J connectivity index is 2.67. The molecular weight excluding hydrogens is 246 g/mol. The monoisotopic (exact) mass is 269 g/mol. The SMILES string of the molecule is CCC(C)c1cc(NC(=O)N(CC)C(C)C)sn1. The lowest BCUT2D eigenvalue weighted by Gasteiger charge is -2.24. The van der Waals surface area contributed by atoms with Gasteiger partial charge in [0.05, 0.1) is 5.69 Å². The smallest absolute Gasteiger partial charge is 0.322 e. The van der Waals surface area contributed by atoms with Crippen molar-refractivity contribution in [2.24, 2.45) is 0 Å². The zero-order valence-corrected chi connectivity index (χ0v) is 12.7. The van der Waals surface area contributed by atoms with Crippen LogP contribution in [0, 0.1) is 0 Å². The summed E-state index contributed by atoms with van der Waals surface area (Å²) in [4.78, 5) is 13.8. The Morgan fingerprint density at radius 3 is 2.61 bits per heavy atom. The first kappa shape index (κ1) is 15.0. The second-order valence-electron chi connectivity index (χ2n) is 4.74. The number of nitrogens with zero attached hydrogens (tertiary/aromatic N) is 2. The summed E-state index contributed by atoms with van der Waals surface area (Å²) in [6, 6.07) is 2.13. The molecule has 18 heavy (non-hydrogen) atoms. The normalized spacial score (nSPS) is 12.6. The Morgan fingerprint density at radius 2 is 2.11 bits per heavy atom. The number of amides is 2. The highest BCUT2D eigenvalue weighted by Crippen LogP contribution is 2.24. The van der Waals surface area contributed by atoms with E-state index in [1.165, 1.54) is 11.5 Å². The zero-order valence-electron chi connectivity index (χ0n) is 11.9. The van der Waals surface area contributed by atoms with E-state index in [9.17, 15) is 4.79 Å². The molecule has 0 aliphatic heterocycles. The van der Waals surface area contributed by atoms with Crippen LogP contribution in [0.4, 0.5) is 9.80 Å². The number of anilines is 1. The lowest BCUT2D eigenvalue weighted by atomic mass is 10.1. The number of carbonyl (C=O) groups excluding carboxylic acids is 1. The molecule has 1 atom stereocenters. The van der Waals surface area contributed by atoms with Crippen molar-refractivity contribution in [1.29, 1.82) is 0 Å². The summed E-state index contributed by atoms with van der Waals surface area (Å²) >= 11 is 1.35. The molecule has 1 aromatic heterocycles. The highest BCUT2D eigenvalue weighted by Gasteiger charge is 2.16. The van der Waals surface area contributed by atoms with Gasteiger partial charge in [-0.3, -0.25) is 5.32 Å². The zero-order chi connectivity index (χ0) is 13.7. The first-order chi connectivity index (χ1) is 8.49. The third-order valence-corrected chi connectivity index (χ3v) is 3.82. The largest absolute Gasteiger partial charge is 0.322 e. The number of rotatable bonds is 5. The Hall–Kier alpha value is -1.10. The summed E-state index contributed by atoms with van der Waals surface area (Å²) in [5, 5.41) is 3.74. The van der Waals surface area contributed by atoms with Gasteiger partial charge in [0.2, 0.25) is 0 Å². The molecule has 1 aromatic rings. The van der Waals surface area contributed by atoms with Crippen molar-refractivity contribution in [2.45, 2.75) is 53.0 Å². The van der Waals surface area contributed by atoms with Crippen molar-refractivity contribution in [1.82, 2.24) is 9.27 Å². The van der Waals surface area contributed by atoms with Gasteiger partial charge >= 0.3 is 6.03 Å². The molecule has 1 unspecified atom stereocenters. The minimum atomic E-state index is -0.0492. The van der Waals surface area contributed by atoms with Gasteiger partial charge in [-0.1, -0.05) is 13.8 Å². The predicted octanol–water partition coefficient (Wildman–Crippen LogP) is 3.92. The van der Waals surface area contributed by atoms with Gasteiger partial charge in [0.15, 0.2) is 0 Å². The van der Waals surface area contributed by atoms with Gasteiger partial charge in [0, 0.05) is 12.6 Å². The second kappa shape index (κ2) is 6.73. The van der Waals surface area contributed by atoms with E-state index >= 15 is 0 Å². The Kier molecular flexibility index (Phi) is 5.59. The Bertz CT molecular complexity index is 389. The van der Waals surface area contributed by atoms with Crippen molar-refractivity contribution in [3.63, 3.8) is 0 Å². The van der Waals surface area contributed by atoms with Crippen LogP contribution in [0.2, 0.25) is 0 Å². The highest BCUT2D eigenvalue weighted by atomic mass is 32.1. The summed E-state index contributed by atoms with van der Waals surface area (Å²) < 4.78 is 4.38. The van der Waals surface area contributed by atoms with Crippen LogP contribution in [0.5, 0.6) is 0 Å². The van der Waals surface area contributed by atoms with Crippen LogP contribution in [0.3, 0.4) is 0 Å². The second-order valence-corrected chi connectivity index (χ2v) is 5.54. The fraction of sp³-hybridized carbons (Fsp3) is 0.692. The molecule has 0 saturated carbocycles. The molecule has 2 amide bonds. The van der Waals surface area contributed by atoms with E-state index in [1.54, 1.807) is 4.90 Å². The summed E-state index contributed by atoms with van der Waals surface area (Å²) in [5.74, 6) is 0.444. The van der Waals surface area contributed by atoms with E-state index in [1.807, 2.05) is 26.8 Å². The predicted molar refractivity (Wildman–Crippen MR) is 77.4 cm³/mol. The van der Waals surface area contributed by atoms with Crippen LogP contribution in [-0.4, -0.2) is 27.9 Å². The van der Waals surface area contributed by atoms with Gasteiger partial charge < -0.3 is 4.90 Å². The van der Waals surface area contributed by atoms with Gasteiger partial charge in [-0.15, -0.1) is 0 Å². The molecule has 1 N–H and O–H groups in total. The maximum Gasteiger partial charge on any atom is 0.322 e. The average molecular weight is 269 g/mol. The van der Waals surface area contributed by atoms with E-state index in [0.29, 0.717) is 12.5 Å². The van der Waals surface area contributed by atoms with Crippen molar-refractivity contribution >= 4 is 22.6 Å². The molecule has 0 bridgehead atoms. The molecule has 5 heteroatoms. The highest BCUT2D eigenvalue weighted by molar-refractivity contribution is 7.10. The van der Waals surface area contributed by atoms with E-state index in [2.05, 4.69) is 23.5 Å². The van der Waals surface area contributed by atoms with Crippen molar-refractivity contribution < 1.29 is 4.79 Å². The van der Waals surface area contributed by atoms with E-state index in [4.69, 9.17) is 0 Å². The van der Waals surface area contributed by atoms with Gasteiger partial charge in [-0.05, 0) is 50.7 Å². The quantitative estimate of drug-likeness (QED) is 0.880. The fourth-order valence-corrected chi connectivity index (χ4v) is 2.45. The number of hydrogen-bond donors (Lipinski definition) is 1. The molecule has 1 heterocycles. The van der Waals surface area contributed by atoms with Crippen LogP contribution in [0.15, 0.2) is 6.07 Å². The lowest BCUT2D eigenvalue weighted by molar-refractivity contribution is 0.201. The molecule has 0 spiro atoms. The molecule has 0 saturated heterocycles. The molecule has 0 aliphatic rings. The molecule has 4 nitrogen and oxygen atoms in total. The molecule has 102 valence electrons. The topological polar surface area (TPSA) is 45.2 Å². The lowest BCUT2D eigenvalue weighted by Crippen LogP contribution is -2.39. The molecule has 0 fully saturated rings.